The first-order valence-electron chi connectivity index (χ1n) is 8.76. The molecule has 0 radical (unpaired) electrons. The van der Waals surface area contributed by atoms with E-state index in [1.165, 1.54) is 22.5 Å². The number of hydrogen-bond acceptors (Lipinski definition) is 6. The minimum atomic E-state index is -0.00613. The molecule has 0 aliphatic heterocycles. The average molecular weight is 425 g/mol. The van der Waals surface area contributed by atoms with Crippen LogP contribution in [0.3, 0.4) is 0 Å². The zero-order valence-electron chi connectivity index (χ0n) is 15.0. The summed E-state index contributed by atoms with van der Waals surface area (Å²) in [7, 11) is 0. The van der Waals surface area contributed by atoms with Crippen LogP contribution < -0.4 is 5.56 Å². The third kappa shape index (κ3) is 3.07. The molecule has 0 N–H and O–H groups in total. The Balaban J connectivity index is 1.60. The van der Waals surface area contributed by atoms with Crippen molar-refractivity contribution in [2.24, 2.45) is 0 Å². The minimum Gasteiger partial charge on any atom is -0.270 e. The molecular weight excluding hydrogens is 408 g/mol. The molecular formula is C20H16N4OS3. The van der Waals surface area contributed by atoms with E-state index in [4.69, 9.17) is 0 Å². The zero-order chi connectivity index (χ0) is 19.1. The summed E-state index contributed by atoms with van der Waals surface area (Å²) in [6, 6.07) is 14.5. The van der Waals surface area contributed by atoms with Gasteiger partial charge in [0.2, 0.25) is 5.78 Å². The molecule has 0 unspecified atom stereocenters. The van der Waals surface area contributed by atoms with Crippen LogP contribution in [0.5, 0.6) is 0 Å². The van der Waals surface area contributed by atoms with E-state index in [0.29, 0.717) is 12.3 Å². The van der Waals surface area contributed by atoms with Crippen LogP contribution in [0.1, 0.15) is 16.0 Å². The summed E-state index contributed by atoms with van der Waals surface area (Å²) in [5.41, 5.74) is 3.36. The van der Waals surface area contributed by atoms with Crippen molar-refractivity contribution >= 4 is 50.4 Å². The number of thiophene rings is 2. The van der Waals surface area contributed by atoms with Crippen LogP contribution in [-0.2, 0) is 12.3 Å². The van der Waals surface area contributed by atoms with Gasteiger partial charge in [-0.15, -0.1) is 32.9 Å². The van der Waals surface area contributed by atoms with E-state index >= 15 is 0 Å². The number of aryl methyl sites for hydroxylation is 1. The smallest absolute Gasteiger partial charge is 0.270 e. The molecule has 5 aromatic rings. The minimum absolute atomic E-state index is 0.00613. The number of nitrogens with zero attached hydrogens (tertiary/aromatic N) is 4. The molecule has 0 saturated carbocycles. The number of aromatic nitrogens is 4. The van der Waals surface area contributed by atoms with Gasteiger partial charge in [0.1, 0.15) is 4.70 Å². The molecule has 4 aromatic heterocycles. The van der Waals surface area contributed by atoms with Crippen LogP contribution in [0.2, 0.25) is 0 Å². The normalized spacial score (nSPS) is 11.6. The predicted octanol–water partition coefficient (Wildman–Crippen LogP) is 4.82. The van der Waals surface area contributed by atoms with Gasteiger partial charge in [-0.2, -0.15) is 0 Å². The lowest BCUT2D eigenvalue weighted by Gasteiger charge is -2.08. The maximum atomic E-state index is 13.0. The van der Waals surface area contributed by atoms with Crippen molar-refractivity contribution in [3.63, 3.8) is 0 Å². The Morgan fingerprint density at radius 1 is 1.04 bits per heavy atom. The molecule has 5 nitrogen and oxygen atoms in total. The summed E-state index contributed by atoms with van der Waals surface area (Å²) in [6.07, 6.45) is 0. The fourth-order valence-corrected chi connectivity index (χ4v) is 5.54. The first-order valence-corrected chi connectivity index (χ1v) is 11.5. The lowest BCUT2D eigenvalue weighted by atomic mass is 10.2. The third-order valence-corrected chi connectivity index (χ3v) is 7.32. The van der Waals surface area contributed by atoms with Crippen LogP contribution in [0, 0.1) is 6.92 Å². The van der Waals surface area contributed by atoms with Crippen LogP contribution in [-0.4, -0.2) is 19.2 Å². The summed E-state index contributed by atoms with van der Waals surface area (Å²) in [6.45, 7) is 2.59. The predicted molar refractivity (Wildman–Crippen MR) is 117 cm³/mol. The van der Waals surface area contributed by atoms with Gasteiger partial charge in [-0.05, 0) is 35.4 Å². The molecule has 4 heterocycles. The SMILES string of the molecule is Cc1ccc(CSc2nnc3n(Cc4cccs4)c(=O)c4sccc4n23)cc1. The molecule has 8 heteroatoms. The van der Waals surface area contributed by atoms with Gasteiger partial charge >= 0.3 is 0 Å². The van der Waals surface area contributed by atoms with E-state index in [-0.39, 0.29) is 5.56 Å². The molecule has 1 aromatic carbocycles. The molecule has 0 fully saturated rings. The van der Waals surface area contributed by atoms with E-state index in [1.807, 2.05) is 33.4 Å². The summed E-state index contributed by atoms with van der Waals surface area (Å²) < 4.78 is 4.48. The van der Waals surface area contributed by atoms with Crippen molar-refractivity contribution in [1.82, 2.24) is 19.2 Å². The highest BCUT2D eigenvalue weighted by atomic mass is 32.2. The molecule has 0 aliphatic rings. The molecule has 0 saturated heterocycles. The van der Waals surface area contributed by atoms with Crippen molar-refractivity contribution in [3.8, 4) is 0 Å². The molecule has 140 valence electrons. The van der Waals surface area contributed by atoms with Gasteiger partial charge in [-0.3, -0.25) is 13.8 Å². The molecule has 0 amide bonds. The Bertz CT molecular complexity index is 1310. The molecule has 0 aliphatic carbocycles. The molecule has 0 spiro atoms. The Morgan fingerprint density at radius 2 is 1.89 bits per heavy atom. The molecule has 28 heavy (non-hydrogen) atoms. The molecule has 5 rings (SSSR count). The summed E-state index contributed by atoms with van der Waals surface area (Å²) in [4.78, 5) is 14.2. The Kier molecular flexibility index (Phi) is 4.54. The molecule has 0 atom stereocenters. The average Bonchev–Trinajstić information content (AvgIpc) is 3.44. The van der Waals surface area contributed by atoms with Crippen molar-refractivity contribution < 1.29 is 0 Å². The van der Waals surface area contributed by atoms with Gasteiger partial charge in [-0.25, -0.2) is 0 Å². The Hall–Kier alpha value is -2.42. The summed E-state index contributed by atoms with van der Waals surface area (Å²) in [5, 5.41) is 13.6. The highest BCUT2D eigenvalue weighted by Crippen LogP contribution is 2.27. The van der Waals surface area contributed by atoms with Crippen molar-refractivity contribution in [2.45, 2.75) is 24.4 Å². The zero-order valence-corrected chi connectivity index (χ0v) is 17.5. The Morgan fingerprint density at radius 3 is 2.68 bits per heavy atom. The van der Waals surface area contributed by atoms with Crippen LogP contribution in [0.4, 0.5) is 0 Å². The number of fused-ring (bicyclic) bond motifs is 3. The first kappa shape index (κ1) is 17.7. The van der Waals surface area contributed by atoms with Crippen LogP contribution in [0.25, 0.3) is 16.0 Å². The van der Waals surface area contributed by atoms with Gasteiger partial charge in [0.25, 0.3) is 5.56 Å². The van der Waals surface area contributed by atoms with Crippen molar-refractivity contribution in [1.29, 1.82) is 0 Å². The summed E-state index contributed by atoms with van der Waals surface area (Å²) in [5.74, 6) is 1.40. The van der Waals surface area contributed by atoms with Gasteiger partial charge in [-0.1, -0.05) is 47.7 Å². The number of thioether (sulfide) groups is 1. The van der Waals surface area contributed by atoms with E-state index in [1.54, 1.807) is 27.7 Å². The van der Waals surface area contributed by atoms with Crippen molar-refractivity contribution in [3.05, 3.63) is 79.6 Å². The summed E-state index contributed by atoms with van der Waals surface area (Å²) >= 11 is 4.74. The maximum absolute atomic E-state index is 13.0. The van der Waals surface area contributed by atoms with E-state index < -0.39 is 0 Å². The maximum Gasteiger partial charge on any atom is 0.273 e. The topological polar surface area (TPSA) is 52.2 Å². The quantitative estimate of drug-likeness (QED) is 0.380. The standard InChI is InChI=1S/C20H16N4OS3/c1-13-4-6-14(7-5-13)12-28-20-22-21-19-23(11-15-3-2-9-26-15)18(25)17-16(24(19)20)8-10-27-17/h2-10H,11-12H2,1H3. The highest BCUT2D eigenvalue weighted by Gasteiger charge is 2.18. The molecule has 0 bridgehead atoms. The lowest BCUT2D eigenvalue weighted by Crippen LogP contribution is -2.22. The second-order valence-electron chi connectivity index (χ2n) is 6.50. The van der Waals surface area contributed by atoms with Crippen LogP contribution >= 0.6 is 34.4 Å². The van der Waals surface area contributed by atoms with E-state index in [9.17, 15) is 4.79 Å². The van der Waals surface area contributed by atoms with Crippen LogP contribution in [0.15, 0.2) is 63.2 Å². The first-order chi connectivity index (χ1) is 13.7. The van der Waals surface area contributed by atoms with Gasteiger partial charge < -0.3 is 0 Å². The number of hydrogen-bond donors (Lipinski definition) is 0. The van der Waals surface area contributed by atoms with Gasteiger partial charge in [0.05, 0.1) is 12.1 Å². The van der Waals surface area contributed by atoms with Gasteiger partial charge in [0.15, 0.2) is 5.16 Å². The Labute approximate surface area is 173 Å². The number of rotatable bonds is 5. The fraction of sp³-hybridized carbons (Fsp3) is 0.150. The second kappa shape index (κ2) is 7.20. The van der Waals surface area contributed by atoms with Gasteiger partial charge in [0, 0.05) is 10.6 Å². The monoisotopic (exact) mass is 424 g/mol. The fourth-order valence-electron chi connectivity index (χ4n) is 3.13. The largest absolute Gasteiger partial charge is 0.273 e. The second-order valence-corrected chi connectivity index (χ2v) is 9.39. The highest BCUT2D eigenvalue weighted by molar-refractivity contribution is 7.98. The number of benzene rings is 1. The lowest BCUT2D eigenvalue weighted by molar-refractivity contribution is 0.775. The van der Waals surface area contributed by atoms with E-state index in [2.05, 4.69) is 41.4 Å². The van der Waals surface area contributed by atoms with Crippen molar-refractivity contribution in [2.75, 3.05) is 0 Å². The third-order valence-electron chi connectivity index (χ3n) is 4.57. The van der Waals surface area contributed by atoms with E-state index in [0.717, 1.165) is 26.0 Å².